The van der Waals surface area contributed by atoms with E-state index in [1.54, 1.807) is 18.5 Å². The van der Waals surface area contributed by atoms with Gasteiger partial charge in [-0.1, -0.05) is 0 Å². The van der Waals surface area contributed by atoms with Crippen LogP contribution in [0.3, 0.4) is 0 Å². The maximum absolute atomic E-state index is 12.0. The summed E-state index contributed by atoms with van der Waals surface area (Å²) >= 11 is 1.26. The molecule has 2 rings (SSSR count). The quantitative estimate of drug-likeness (QED) is 0.871. The van der Waals surface area contributed by atoms with Gasteiger partial charge < -0.3 is 11.1 Å². The van der Waals surface area contributed by atoms with Crippen LogP contribution in [-0.2, 0) is 0 Å². The van der Waals surface area contributed by atoms with E-state index < -0.39 is 5.54 Å². The predicted molar refractivity (Wildman–Crippen MR) is 73.7 cm³/mol. The first kappa shape index (κ1) is 13.6. The summed E-state index contributed by atoms with van der Waals surface area (Å²) in [7, 11) is 0. The number of nitrogens with two attached hydrogens (primary N) is 1. The Labute approximate surface area is 115 Å². The van der Waals surface area contributed by atoms with E-state index in [1.165, 1.54) is 17.5 Å². The van der Waals surface area contributed by atoms with Gasteiger partial charge in [0.05, 0.1) is 6.20 Å². The van der Waals surface area contributed by atoms with Gasteiger partial charge in [0.2, 0.25) is 0 Å². The van der Waals surface area contributed by atoms with Crippen molar-refractivity contribution in [2.45, 2.75) is 19.4 Å². The summed E-state index contributed by atoms with van der Waals surface area (Å²) in [6, 6.07) is 1.73. The maximum Gasteiger partial charge on any atom is 0.263 e. The third-order valence-electron chi connectivity index (χ3n) is 2.45. The number of thiazole rings is 1. The minimum absolute atomic E-state index is 0.185. The van der Waals surface area contributed by atoms with Crippen molar-refractivity contribution >= 4 is 17.2 Å². The van der Waals surface area contributed by atoms with E-state index >= 15 is 0 Å². The summed E-state index contributed by atoms with van der Waals surface area (Å²) in [5, 5.41) is 3.47. The van der Waals surface area contributed by atoms with E-state index in [9.17, 15) is 4.79 Å². The molecule has 2 aromatic rings. The summed E-state index contributed by atoms with van der Waals surface area (Å²) in [5.74, 6) is 0.333. The van der Waals surface area contributed by atoms with E-state index in [0.717, 1.165) is 0 Å². The fourth-order valence-electron chi connectivity index (χ4n) is 1.31. The van der Waals surface area contributed by atoms with Gasteiger partial charge in [-0.15, -0.1) is 11.3 Å². The van der Waals surface area contributed by atoms with Crippen LogP contribution in [0.5, 0.6) is 0 Å². The van der Waals surface area contributed by atoms with Crippen LogP contribution in [0.4, 0.5) is 0 Å². The molecule has 0 aliphatic heterocycles. The Morgan fingerprint density at radius 2 is 2.05 bits per heavy atom. The molecule has 0 aliphatic carbocycles. The van der Waals surface area contributed by atoms with Crippen LogP contribution in [0.1, 0.15) is 23.5 Å². The second-order valence-corrected chi connectivity index (χ2v) is 5.67. The Balaban J connectivity index is 2.16. The Kier molecular flexibility index (Phi) is 3.87. The molecule has 0 saturated heterocycles. The van der Waals surface area contributed by atoms with E-state index in [1.807, 2.05) is 13.8 Å². The molecule has 0 aromatic carbocycles. The van der Waals surface area contributed by atoms with Gasteiger partial charge >= 0.3 is 0 Å². The molecule has 0 unspecified atom stereocenters. The molecule has 0 bridgehead atoms. The third-order valence-corrected chi connectivity index (χ3v) is 3.44. The van der Waals surface area contributed by atoms with Gasteiger partial charge in [-0.05, 0) is 19.9 Å². The van der Waals surface area contributed by atoms with Crippen molar-refractivity contribution in [3.8, 4) is 10.8 Å². The fourth-order valence-corrected chi connectivity index (χ4v) is 2.07. The number of nitrogens with zero attached hydrogens (tertiary/aromatic N) is 3. The molecule has 2 heterocycles. The predicted octanol–water partition coefficient (Wildman–Crippen LogP) is 1.07. The van der Waals surface area contributed by atoms with Crippen LogP contribution < -0.4 is 11.1 Å². The van der Waals surface area contributed by atoms with Crippen LogP contribution in [0.25, 0.3) is 10.8 Å². The van der Waals surface area contributed by atoms with Gasteiger partial charge in [0, 0.05) is 24.5 Å². The second-order valence-electron chi connectivity index (χ2n) is 4.64. The smallest absolute Gasteiger partial charge is 0.263 e. The van der Waals surface area contributed by atoms with Crippen molar-refractivity contribution in [1.82, 2.24) is 20.3 Å². The number of nitrogens with one attached hydrogen (secondary N) is 1. The lowest BCUT2D eigenvalue weighted by atomic mass is 10.1. The minimum atomic E-state index is -0.440. The zero-order valence-electron chi connectivity index (χ0n) is 10.8. The second kappa shape index (κ2) is 5.41. The molecule has 0 fully saturated rings. The lowest BCUT2D eigenvalue weighted by Gasteiger charge is -2.23. The summed E-state index contributed by atoms with van der Waals surface area (Å²) in [6.45, 7) is 4.10. The average Bonchev–Trinajstić information content (AvgIpc) is 2.89. The largest absolute Gasteiger partial charge is 0.345 e. The first-order valence-corrected chi connectivity index (χ1v) is 6.59. The Bertz CT molecular complexity index is 567. The normalized spacial score (nSPS) is 11.3. The van der Waals surface area contributed by atoms with Crippen molar-refractivity contribution in [2.24, 2.45) is 5.73 Å². The Morgan fingerprint density at radius 3 is 2.68 bits per heavy atom. The Morgan fingerprint density at radius 1 is 1.37 bits per heavy atom. The molecule has 19 heavy (non-hydrogen) atoms. The highest BCUT2D eigenvalue weighted by Gasteiger charge is 2.21. The molecule has 0 saturated carbocycles. The SMILES string of the molecule is CC(C)(CN)NC(=O)c1cnc(-c2ncccn2)s1. The van der Waals surface area contributed by atoms with Crippen molar-refractivity contribution < 1.29 is 4.79 Å². The summed E-state index contributed by atoms with van der Waals surface area (Å²) < 4.78 is 0. The number of rotatable bonds is 4. The molecule has 0 spiro atoms. The van der Waals surface area contributed by atoms with Gasteiger partial charge in [-0.25, -0.2) is 15.0 Å². The number of aromatic nitrogens is 3. The number of carbonyl (C=O) groups excluding carboxylic acids is 1. The molecule has 6 nitrogen and oxygen atoms in total. The molecular weight excluding hydrogens is 262 g/mol. The van der Waals surface area contributed by atoms with E-state index in [4.69, 9.17) is 5.73 Å². The van der Waals surface area contributed by atoms with Gasteiger partial charge in [-0.3, -0.25) is 4.79 Å². The molecular formula is C12H15N5OS. The zero-order valence-corrected chi connectivity index (χ0v) is 11.6. The van der Waals surface area contributed by atoms with E-state index in [-0.39, 0.29) is 5.91 Å². The van der Waals surface area contributed by atoms with Crippen molar-refractivity contribution in [1.29, 1.82) is 0 Å². The first-order chi connectivity index (χ1) is 9.02. The molecule has 7 heteroatoms. The molecule has 2 aromatic heterocycles. The van der Waals surface area contributed by atoms with Crippen LogP contribution in [0, 0.1) is 0 Å². The van der Waals surface area contributed by atoms with Crippen molar-refractivity contribution in [2.75, 3.05) is 6.54 Å². The third kappa shape index (κ3) is 3.33. The van der Waals surface area contributed by atoms with Gasteiger partial charge in [0.1, 0.15) is 4.88 Å². The molecule has 1 amide bonds. The molecule has 3 N–H and O–H groups in total. The molecule has 100 valence electrons. The first-order valence-electron chi connectivity index (χ1n) is 5.77. The average molecular weight is 277 g/mol. The zero-order chi connectivity index (χ0) is 13.9. The van der Waals surface area contributed by atoms with Gasteiger partial charge in [-0.2, -0.15) is 0 Å². The molecule has 0 aliphatic rings. The molecule has 0 atom stereocenters. The maximum atomic E-state index is 12.0. The minimum Gasteiger partial charge on any atom is -0.345 e. The lowest BCUT2D eigenvalue weighted by molar-refractivity contribution is 0.0919. The highest BCUT2D eigenvalue weighted by Crippen LogP contribution is 2.21. The topological polar surface area (TPSA) is 93.8 Å². The van der Waals surface area contributed by atoms with Gasteiger partial charge in [0.15, 0.2) is 10.8 Å². The standard InChI is InChI=1S/C12H15N5OS/c1-12(2,7-13)17-10(18)8-6-16-11(19-8)9-14-4-3-5-15-9/h3-6H,7,13H2,1-2H3,(H,17,18). The number of amides is 1. The van der Waals surface area contributed by atoms with Crippen LogP contribution in [0.2, 0.25) is 0 Å². The van der Waals surface area contributed by atoms with Gasteiger partial charge in [0.25, 0.3) is 5.91 Å². The lowest BCUT2D eigenvalue weighted by Crippen LogP contribution is -2.48. The van der Waals surface area contributed by atoms with Crippen LogP contribution >= 0.6 is 11.3 Å². The fraction of sp³-hybridized carbons (Fsp3) is 0.333. The number of carbonyl (C=O) groups is 1. The highest BCUT2D eigenvalue weighted by molar-refractivity contribution is 7.16. The number of hydrogen-bond donors (Lipinski definition) is 2. The van der Waals surface area contributed by atoms with Crippen LogP contribution in [-0.4, -0.2) is 32.9 Å². The van der Waals surface area contributed by atoms with E-state index in [2.05, 4.69) is 20.3 Å². The molecule has 0 radical (unpaired) electrons. The monoisotopic (exact) mass is 277 g/mol. The number of hydrogen-bond acceptors (Lipinski definition) is 6. The van der Waals surface area contributed by atoms with E-state index in [0.29, 0.717) is 22.3 Å². The van der Waals surface area contributed by atoms with Crippen LogP contribution in [0.15, 0.2) is 24.7 Å². The highest BCUT2D eigenvalue weighted by atomic mass is 32.1. The van der Waals surface area contributed by atoms with Crippen molar-refractivity contribution in [3.63, 3.8) is 0 Å². The Hall–Kier alpha value is -1.86. The summed E-state index contributed by atoms with van der Waals surface area (Å²) in [6.07, 6.45) is 4.81. The van der Waals surface area contributed by atoms with Crippen molar-refractivity contribution in [3.05, 3.63) is 29.5 Å². The summed E-state index contributed by atoms with van der Waals surface area (Å²) in [4.78, 5) is 24.9. The summed E-state index contributed by atoms with van der Waals surface area (Å²) in [5.41, 5.74) is 5.14.